The highest BCUT2D eigenvalue weighted by atomic mass is 19.3. The molecule has 2 amide bonds. The second-order valence-corrected chi connectivity index (χ2v) is 5.40. The maximum absolute atomic E-state index is 13.2. The minimum absolute atomic E-state index is 0.241. The van der Waals surface area contributed by atoms with Gasteiger partial charge in [-0.15, -0.1) is 0 Å². The van der Waals surface area contributed by atoms with Crippen molar-refractivity contribution in [1.82, 2.24) is 4.90 Å². The highest BCUT2D eigenvalue weighted by Crippen LogP contribution is 2.32. The molecule has 5 nitrogen and oxygen atoms in total. The summed E-state index contributed by atoms with van der Waals surface area (Å²) in [6, 6.07) is -1.32. The van der Waals surface area contributed by atoms with Gasteiger partial charge in [0.1, 0.15) is 11.6 Å². The van der Waals surface area contributed by atoms with Crippen LogP contribution in [0.4, 0.5) is 13.6 Å². The van der Waals surface area contributed by atoms with Crippen LogP contribution in [0.3, 0.4) is 0 Å². The lowest BCUT2D eigenvalue weighted by molar-refractivity contribution is -0.133. The smallest absolute Gasteiger partial charge is 0.410 e. The summed E-state index contributed by atoms with van der Waals surface area (Å²) >= 11 is 0. The van der Waals surface area contributed by atoms with E-state index in [9.17, 15) is 18.4 Å². The fourth-order valence-corrected chi connectivity index (χ4v) is 1.73. The van der Waals surface area contributed by atoms with Crippen LogP contribution in [-0.4, -0.2) is 41.0 Å². The summed E-state index contributed by atoms with van der Waals surface area (Å²) in [4.78, 5) is 23.9. The number of likely N-dealkylation sites (tertiary alicyclic amines) is 1. The van der Waals surface area contributed by atoms with Gasteiger partial charge < -0.3 is 10.5 Å². The first-order valence-corrected chi connectivity index (χ1v) is 5.69. The van der Waals surface area contributed by atoms with Crippen LogP contribution >= 0.6 is 0 Å². The van der Waals surface area contributed by atoms with Crippen LogP contribution in [0.25, 0.3) is 0 Å². The normalized spacial score (nSPS) is 23.6. The minimum Gasteiger partial charge on any atom is -0.444 e. The second-order valence-electron chi connectivity index (χ2n) is 5.40. The molecule has 1 fully saturated rings. The van der Waals surface area contributed by atoms with E-state index >= 15 is 0 Å². The number of piperidine rings is 1. The molecule has 0 aromatic heterocycles. The number of nitrogens with zero attached hydrogens (tertiary/aromatic N) is 1. The minimum atomic E-state index is -2.97. The van der Waals surface area contributed by atoms with E-state index in [-0.39, 0.29) is 6.54 Å². The molecule has 1 atom stereocenters. The van der Waals surface area contributed by atoms with Crippen molar-refractivity contribution in [1.29, 1.82) is 0 Å². The van der Waals surface area contributed by atoms with Crippen molar-refractivity contribution in [3.8, 4) is 0 Å². The van der Waals surface area contributed by atoms with Gasteiger partial charge in [-0.3, -0.25) is 9.69 Å². The fourth-order valence-electron chi connectivity index (χ4n) is 1.73. The molecule has 2 N–H and O–H groups in total. The van der Waals surface area contributed by atoms with Crippen molar-refractivity contribution in [2.75, 3.05) is 6.54 Å². The van der Waals surface area contributed by atoms with Crippen LogP contribution in [0.15, 0.2) is 0 Å². The third kappa shape index (κ3) is 3.82. The van der Waals surface area contributed by atoms with Gasteiger partial charge in [0, 0.05) is 19.4 Å². The number of rotatable bonds is 1. The number of alkyl halides is 2. The third-order valence-corrected chi connectivity index (χ3v) is 2.54. The number of hydrogen-bond donors (Lipinski definition) is 1. The van der Waals surface area contributed by atoms with Crippen molar-refractivity contribution in [3.05, 3.63) is 0 Å². The van der Waals surface area contributed by atoms with E-state index in [2.05, 4.69) is 0 Å². The van der Waals surface area contributed by atoms with Crippen LogP contribution in [0.2, 0.25) is 0 Å². The molecule has 0 aromatic rings. The number of ether oxygens (including phenoxy) is 1. The fraction of sp³-hybridized carbons (Fsp3) is 0.818. The molecular weight excluding hydrogens is 246 g/mol. The Morgan fingerprint density at radius 3 is 2.39 bits per heavy atom. The molecule has 1 aliphatic rings. The van der Waals surface area contributed by atoms with E-state index in [4.69, 9.17) is 10.5 Å². The Morgan fingerprint density at radius 1 is 1.39 bits per heavy atom. The quantitative estimate of drug-likeness (QED) is 0.780. The van der Waals surface area contributed by atoms with E-state index in [1.165, 1.54) is 0 Å². The number of primary amides is 1. The molecule has 0 aromatic carbocycles. The lowest BCUT2D eigenvalue weighted by Gasteiger charge is -2.38. The summed E-state index contributed by atoms with van der Waals surface area (Å²) < 4.78 is 31.5. The van der Waals surface area contributed by atoms with Gasteiger partial charge in [-0.2, -0.15) is 0 Å². The first-order chi connectivity index (χ1) is 8.02. The zero-order chi connectivity index (χ0) is 14.1. The standard InChI is InChI=1S/C11H18F2N2O3/c1-10(2,3)18-9(17)15-5-4-11(12,13)6-7(15)8(14)16/h7H,4-6H2,1-3H3,(H2,14,16)/t7-/m0/s1. The van der Waals surface area contributed by atoms with E-state index in [1.807, 2.05) is 0 Å². The molecule has 1 heterocycles. The molecule has 104 valence electrons. The van der Waals surface area contributed by atoms with Crippen molar-refractivity contribution >= 4 is 12.0 Å². The lowest BCUT2D eigenvalue weighted by Crippen LogP contribution is -2.56. The van der Waals surface area contributed by atoms with Gasteiger partial charge in [0.2, 0.25) is 5.91 Å². The van der Waals surface area contributed by atoms with Gasteiger partial charge in [-0.05, 0) is 20.8 Å². The van der Waals surface area contributed by atoms with E-state index in [1.54, 1.807) is 20.8 Å². The second kappa shape index (κ2) is 4.70. The average Bonchev–Trinajstić information content (AvgIpc) is 2.12. The Kier molecular flexibility index (Phi) is 3.83. The molecule has 7 heteroatoms. The topological polar surface area (TPSA) is 72.6 Å². The third-order valence-electron chi connectivity index (χ3n) is 2.54. The Bertz CT molecular complexity index is 353. The van der Waals surface area contributed by atoms with Gasteiger partial charge in [-0.25, -0.2) is 13.6 Å². The zero-order valence-corrected chi connectivity index (χ0v) is 10.7. The largest absolute Gasteiger partial charge is 0.444 e. The number of halogens is 2. The molecule has 0 unspecified atom stereocenters. The summed E-state index contributed by atoms with van der Waals surface area (Å²) in [7, 11) is 0. The lowest BCUT2D eigenvalue weighted by atomic mass is 9.98. The number of nitrogens with two attached hydrogens (primary N) is 1. The molecule has 1 saturated heterocycles. The van der Waals surface area contributed by atoms with Gasteiger partial charge in [0.25, 0.3) is 5.92 Å². The van der Waals surface area contributed by atoms with Gasteiger partial charge >= 0.3 is 6.09 Å². The molecule has 0 bridgehead atoms. The summed E-state index contributed by atoms with van der Waals surface area (Å²) in [5.74, 6) is -3.92. The summed E-state index contributed by atoms with van der Waals surface area (Å²) in [6.07, 6.45) is -2.03. The first-order valence-electron chi connectivity index (χ1n) is 5.69. The molecule has 0 aliphatic carbocycles. The van der Waals surface area contributed by atoms with Gasteiger partial charge in [0.15, 0.2) is 0 Å². The molecule has 0 spiro atoms. The highest BCUT2D eigenvalue weighted by molar-refractivity contribution is 5.84. The Labute approximate surface area is 104 Å². The van der Waals surface area contributed by atoms with E-state index in [0.29, 0.717) is 0 Å². The van der Waals surface area contributed by atoms with Crippen molar-refractivity contribution in [2.24, 2.45) is 5.73 Å². The van der Waals surface area contributed by atoms with Crippen LogP contribution in [0.5, 0.6) is 0 Å². The highest BCUT2D eigenvalue weighted by Gasteiger charge is 2.45. The molecule has 1 rings (SSSR count). The van der Waals surface area contributed by atoms with E-state index < -0.39 is 42.4 Å². The van der Waals surface area contributed by atoms with Crippen LogP contribution in [0.1, 0.15) is 33.6 Å². The Balaban J connectivity index is 2.81. The molecule has 0 saturated carbocycles. The number of carbonyl (C=O) groups excluding carboxylic acids is 2. The van der Waals surface area contributed by atoms with E-state index in [0.717, 1.165) is 4.90 Å². The Morgan fingerprint density at radius 2 is 1.94 bits per heavy atom. The molecule has 18 heavy (non-hydrogen) atoms. The number of amides is 2. The molecule has 0 radical (unpaired) electrons. The van der Waals surface area contributed by atoms with Crippen molar-refractivity contribution in [3.63, 3.8) is 0 Å². The summed E-state index contributed by atoms with van der Waals surface area (Å²) in [5.41, 5.74) is 4.31. The monoisotopic (exact) mass is 264 g/mol. The summed E-state index contributed by atoms with van der Waals surface area (Å²) in [5, 5.41) is 0. The average molecular weight is 264 g/mol. The van der Waals surface area contributed by atoms with Crippen molar-refractivity contribution < 1.29 is 23.1 Å². The number of carbonyl (C=O) groups is 2. The van der Waals surface area contributed by atoms with Crippen LogP contribution in [-0.2, 0) is 9.53 Å². The van der Waals surface area contributed by atoms with Gasteiger partial charge in [0.05, 0.1) is 0 Å². The maximum Gasteiger partial charge on any atom is 0.410 e. The Hall–Kier alpha value is -1.40. The van der Waals surface area contributed by atoms with Gasteiger partial charge in [-0.1, -0.05) is 0 Å². The predicted molar refractivity (Wildman–Crippen MR) is 60.1 cm³/mol. The molecule has 1 aliphatic heterocycles. The SMILES string of the molecule is CC(C)(C)OC(=O)N1CCC(F)(F)C[C@H]1C(N)=O. The summed E-state index contributed by atoms with van der Waals surface area (Å²) in [6.45, 7) is 4.73. The first kappa shape index (κ1) is 14.7. The van der Waals surface area contributed by atoms with Crippen molar-refractivity contribution in [2.45, 2.75) is 51.2 Å². The predicted octanol–water partition coefficient (Wildman–Crippen LogP) is 1.51. The maximum atomic E-state index is 13.2. The number of hydrogen-bond acceptors (Lipinski definition) is 3. The zero-order valence-electron chi connectivity index (χ0n) is 10.7. The van der Waals surface area contributed by atoms with Crippen LogP contribution in [0, 0.1) is 0 Å². The molecular formula is C11H18F2N2O3. The van der Waals surface area contributed by atoms with Crippen LogP contribution < -0.4 is 5.73 Å².